The van der Waals surface area contributed by atoms with Gasteiger partial charge in [-0.1, -0.05) is 52.0 Å². The van der Waals surface area contributed by atoms with Gasteiger partial charge in [0.1, 0.15) is 13.2 Å². The quantitative estimate of drug-likeness (QED) is 0.813. The molecule has 0 radical (unpaired) electrons. The summed E-state index contributed by atoms with van der Waals surface area (Å²) in [5, 5.41) is 7.09. The van der Waals surface area contributed by atoms with E-state index >= 15 is 0 Å². The van der Waals surface area contributed by atoms with E-state index in [0.717, 1.165) is 36.1 Å². The molecule has 4 heteroatoms. The molecule has 0 bridgehead atoms. The van der Waals surface area contributed by atoms with Gasteiger partial charge in [0, 0.05) is 11.1 Å². The third kappa shape index (κ3) is 2.98. The van der Waals surface area contributed by atoms with Crippen LogP contribution in [0.3, 0.4) is 0 Å². The van der Waals surface area contributed by atoms with Gasteiger partial charge in [0.05, 0.1) is 12.1 Å². The van der Waals surface area contributed by atoms with Crippen LogP contribution in [0.15, 0.2) is 70.5 Å². The summed E-state index contributed by atoms with van der Waals surface area (Å²) in [5.41, 5.74) is 4.62. The second kappa shape index (κ2) is 6.75. The maximum absolute atomic E-state index is 5.98. The summed E-state index contributed by atoms with van der Waals surface area (Å²) < 4.78 is 12.0. The Morgan fingerprint density at radius 2 is 1.19 bits per heavy atom. The molecular formula is C22H28N2O2. The van der Waals surface area contributed by atoms with E-state index in [1.165, 1.54) is 11.1 Å². The third-order valence-electron chi connectivity index (χ3n) is 5.47. The molecule has 2 atom stereocenters. The molecule has 0 amide bonds. The summed E-state index contributed by atoms with van der Waals surface area (Å²) in [7, 11) is 0. The van der Waals surface area contributed by atoms with Gasteiger partial charge in [-0.25, -0.2) is 0 Å². The van der Waals surface area contributed by atoms with Gasteiger partial charge < -0.3 is 20.1 Å². The molecule has 2 N–H and O–H groups in total. The number of ether oxygens (including phenoxy) is 2. The fraction of sp³-hybridized carbons (Fsp3) is 0.455. The summed E-state index contributed by atoms with van der Waals surface area (Å²) in [6, 6.07) is 0.737. The Bertz CT molecular complexity index is 712. The van der Waals surface area contributed by atoms with E-state index in [2.05, 4.69) is 74.8 Å². The minimum atomic E-state index is 0.368. The fourth-order valence-corrected chi connectivity index (χ4v) is 3.58. The van der Waals surface area contributed by atoms with Crippen LogP contribution >= 0.6 is 0 Å². The van der Waals surface area contributed by atoms with Crippen LogP contribution in [0.1, 0.15) is 27.7 Å². The number of allylic oxidation sites excluding steroid dienone is 10. The van der Waals surface area contributed by atoms with Crippen molar-refractivity contribution in [1.29, 1.82) is 0 Å². The van der Waals surface area contributed by atoms with E-state index in [0.29, 0.717) is 23.9 Å². The minimum Gasteiger partial charge on any atom is -0.477 e. The Kier molecular flexibility index (Phi) is 4.43. The molecule has 2 saturated heterocycles. The lowest BCUT2D eigenvalue weighted by atomic mass is 9.96. The smallest absolute Gasteiger partial charge is 0.195 e. The van der Waals surface area contributed by atoms with E-state index in [1.54, 1.807) is 0 Å². The Balaban J connectivity index is 1.60. The summed E-state index contributed by atoms with van der Waals surface area (Å²) in [6.07, 6.45) is 12.7. The van der Waals surface area contributed by atoms with Crippen LogP contribution < -0.4 is 10.6 Å². The summed E-state index contributed by atoms with van der Waals surface area (Å²) in [4.78, 5) is 0. The van der Waals surface area contributed by atoms with Gasteiger partial charge in [-0.2, -0.15) is 0 Å². The lowest BCUT2D eigenvalue weighted by Crippen LogP contribution is -2.29. The zero-order chi connectivity index (χ0) is 18.3. The van der Waals surface area contributed by atoms with Crippen molar-refractivity contribution < 1.29 is 9.47 Å². The van der Waals surface area contributed by atoms with E-state index in [9.17, 15) is 0 Å². The highest BCUT2D eigenvalue weighted by Crippen LogP contribution is 2.38. The van der Waals surface area contributed by atoms with Gasteiger partial charge in [0.2, 0.25) is 0 Å². The maximum atomic E-state index is 5.98. The van der Waals surface area contributed by atoms with Crippen LogP contribution in [-0.2, 0) is 9.47 Å². The Labute approximate surface area is 156 Å². The van der Waals surface area contributed by atoms with Crippen molar-refractivity contribution in [2.75, 3.05) is 13.2 Å². The molecule has 4 rings (SSSR count). The van der Waals surface area contributed by atoms with Crippen molar-refractivity contribution in [1.82, 2.24) is 10.6 Å². The number of nitrogens with one attached hydrogen (secondary N) is 2. The van der Waals surface area contributed by atoms with Gasteiger partial charge in [0.25, 0.3) is 0 Å². The van der Waals surface area contributed by atoms with Gasteiger partial charge in [-0.3, -0.25) is 0 Å². The molecule has 0 unspecified atom stereocenters. The molecule has 0 aromatic rings. The lowest BCUT2D eigenvalue weighted by Gasteiger charge is -2.15. The highest BCUT2D eigenvalue weighted by Gasteiger charge is 2.31. The van der Waals surface area contributed by atoms with Crippen LogP contribution in [0.2, 0.25) is 0 Å². The van der Waals surface area contributed by atoms with E-state index in [4.69, 9.17) is 9.47 Å². The predicted octanol–water partition coefficient (Wildman–Crippen LogP) is 3.69. The zero-order valence-electron chi connectivity index (χ0n) is 16.0. The van der Waals surface area contributed by atoms with Crippen molar-refractivity contribution >= 4 is 0 Å². The first-order valence-corrected chi connectivity index (χ1v) is 9.59. The van der Waals surface area contributed by atoms with Crippen molar-refractivity contribution in [3.8, 4) is 0 Å². The molecule has 4 aliphatic rings. The van der Waals surface area contributed by atoms with Crippen LogP contribution in [-0.4, -0.2) is 25.3 Å². The average molecular weight is 352 g/mol. The molecule has 0 aromatic heterocycles. The summed E-state index contributed by atoms with van der Waals surface area (Å²) in [5.74, 6) is 2.86. The van der Waals surface area contributed by atoms with Gasteiger partial charge in [-0.05, 0) is 35.1 Å². The van der Waals surface area contributed by atoms with Crippen molar-refractivity contribution in [2.45, 2.75) is 39.8 Å². The second-order valence-electron chi connectivity index (χ2n) is 7.98. The normalized spacial score (nSPS) is 32.7. The lowest BCUT2D eigenvalue weighted by molar-refractivity contribution is 0.242. The van der Waals surface area contributed by atoms with Crippen LogP contribution in [0.5, 0.6) is 0 Å². The predicted molar refractivity (Wildman–Crippen MR) is 104 cm³/mol. The van der Waals surface area contributed by atoms with E-state index < -0.39 is 0 Å². The molecular weight excluding hydrogens is 324 g/mol. The Morgan fingerprint density at radius 1 is 0.769 bits per heavy atom. The van der Waals surface area contributed by atoms with Gasteiger partial charge in [-0.15, -0.1) is 0 Å². The topological polar surface area (TPSA) is 42.5 Å². The molecule has 2 aliphatic carbocycles. The van der Waals surface area contributed by atoms with E-state index in [1.807, 2.05) is 0 Å². The zero-order valence-corrected chi connectivity index (χ0v) is 16.0. The first kappa shape index (κ1) is 17.1. The molecule has 2 fully saturated rings. The molecule has 0 aromatic carbocycles. The molecule has 26 heavy (non-hydrogen) atoms. The molecule has 2 aliphatic heterocycles. The summed E-state index contributed by atoms with van der Waals surface area (Å²) >= 11 is 0. The van der Waals surface area contributed by atoms with Crippen LogP contribution in [0.4, 0.5) is 0 Å². The van der Waals surface area contributed by atoms with Crippen molar-refractivity contribution in [3.05, 3.63) is 70.5 Å². The number of hydrogen-bond donors (Lipinski definition) is 2. The third-order valence-corrected chi connectivity index (χ3v) is 5.47. The summed E-state index contributed by atoms with van der Waals surface area (Å²) in [6.45, 7) is 10.3. The number of hydrogen-bond acceptors (Lipinski definition) is 4. The first-order chi connectivity index (χ1) is 12.5. The van der Waals surface area contributed by atoms with Gasteiger partial charge in [0.15, 0.2) is 11.8 Å². The first-order valence-electron chi connectivity index (χ1n) is 9.59. The molecule has 0 saturated carbocycles. The van der Waals surface area contributed by atoms with Crippen LogP contribution in [0, 0.1) is 11.8 Å². The average Bonchev–Trinajstić information content (AvgIpc) is 3.39. The Hall–Kier alpha value is -2.36. The second-order valence-corrected chi connectivity index (χ2v) is 7.98. The maximum Gasteiger partial charge on any atom is 0.195 e. The SMILES string of the molecule is CC(C)[C@H]1CO/C(=C2/C=CC=C2C2=CC=C/C2=C2/N[C@@H](C(C)C)CO2)N1. The Morgan fingerprint density at radius 3 is 1.54 bits per heavy atom. The standard InChI is InChI=1S/C22H28N2O2/c1-13(2)19-11-25-21(23-19)17-9-5-7-15(17)16-8-6-10-18(16)22-24-20(12-26-22)14(3)4/h5-10,13-14,19-20,23-24H,11-12H2,1-4H3/b21-17-,22-18+/t19-,20-/m1/s1. The largest absolute Gasteiger partial charge is 0.477 e. The molecule has 4 nitrogen and oxygen atoms in total. The fourth-order valence-electron chi connectivity index (χ4n) is 3.58. The van der Waals surface area contributed by atoms with Gasteiger partial charge >= 0.3 is 0 Å². The van der Waals surface area contributed by atoms with Crippen LogP contribution in [0.25, 0.3) is 0 Å². The highest BCUT2D eigenvalue weighted by atomic mass is 16.5. The minimum absolute atomic E-state index is 0.368. The van der Waals surface area contributed by atoms with Crippen molar-refractivity contribution in [2.24, 2.45) is 11.8 Å². The molecule has 138 valence electrons. The van der Waals surface area contributed by atoms with Crippen molar-refractivity contribution in [3.63, 3.8) is 0 Å². The molecule has 2 heterocycles. The monoisotopic (exact) mass is 352 g/mol. The van der Waals surface area contributed by atoms with E-state index in [-0.39, 0.29) is 0 Å². The number of rotatable bonds is 3. The highest BCUT2D eigenvalue weighted by molar-refractivity contribution is 5.69. The molecule has 0 spiro atoms.